The summed E-state index contributed by atoms with van der Waals surface area (Å²) in [6.07, 6.45) is 0. The number of hydrogen-bond acceptors (Lipinski definition) is 1. The van der Waals surface area contributed by atoms with E-state index in [0.29, 0.717) is 0 Å². The van der Waals surface area contributed by atoms with Crippen LogP contribution in [0.25, 0.3) is 54.9 Å². The van der Waals surface area contributed by atoms with Gasteiger partial charge >= 0.3 is 0 Å². The number of nitrogens with one attached hydrogen (secondary N) is 1. The zero-order valence-electron chi connectivity index (χ0n) is 14.0. The molecule has 2 heteroatoms. The van der Waals surface area contributed by atoms with Crippen molar-refractivity contribution in [1.29, 1.82) is 0 Å². The highest BCUT2D eigenvalue weighted by atomic mass is 16.3. The van der Waals surface area contributed by atoms with Gasteiger partial charge in [0.2, 0.25) is 0 Å². The van der Waals surface area contributed by atoms with E-state index in [1.165, 1.54) is 21.9 Å². The van der Waals surface area contributed by atoms with Gasteiger partial charge < -0.3 is 9.40 Å². The highest BCUT2D eigenvalue weighted by molar-refractivity contribution is 6.20. The molecule has 0 bridgehead atoms. The molecule has 0 aliphatic heterocycles. The van der Waals surface area contributed by atoms with E-state index in [-0.39, 0.29) is 0 Å². The van der Waals surface area contributed by atoms with Crippen molar-refractivity contribution in [3.05, 3.63) is 84.9 Å². The van der Waals surface area contributed by atoms with Gasteiger partial charge in [0.25, 0.3) is 0 Å². The van der Waals surface area contributed by atoms with Gasteiger partial charge in [-0.25, -0.2) is 0 Å². The Morgan fingerprint density at radius 3 is 2.35 bits per heavy atom. The molecule has 2 aromatic heterocycles. The Morgan fingerprint density at radius 2 is 1.42 bits per heavy atom. The predicted molar refractivity (Wildman–Crippen MR) is 109 cm³/mol. The molecule has 0 atom stereocenters. The fourth-order valence-corrected chi connectivity index (χ4v) is 3.94. The smallest absolute Gasteiger partial charge is 0.160 e. The first-order valence-electron chi connectivity index (χ1n) is 8.79. The first-order valence-corrected chi connectivity index (χ1v) is 8.79. The summed E-state index contributed by atoms with van der Waals surface area (Å²) >= 11 is 0. The molecule has 0 saturated carbocycles. The van der Waals surface area contributed by atoms with Crippen molar-refractivity contribution in [3.63, 3.8) is 0 Å². The maximum absolute atomic E-state index is 6.21. The Kier molecular flexibility index (Phi) is 2.64. The molecule has 0 saturated heterocycles. The summed E-state index contributed by atoms with van der Waals surface area (Å²) in [6.45, 7) is 0. The van der Waals surface area contributed by atoms with Gasteiger partial charge in [0.1, 0.15) is 5.58 Å². The van der Waals surface area contributed by atoms with Crippen molar-refractivity contribution in [1.82, 2.24) is 4.98 Å². The molecule has 0 aliphatic rings. The molecule has 0 spiro atoms. The standard InChI is InChI=1S/C24H15NO/c1-2-6-15(7-3-1)17-11-13-21-20(14-17)23-24(26-21)19-12-10-16-8-4-5-9-18(16)22(19)25-23/h1-14,25H. The monoisotopic (exact) mass is 333 g/mol. The number of furan rings is 1. The average Bonchev–Trinajstić information content (AvgIpc) is 3.24. The van der Waals surface area contributed by atoms with E-state index in [4.69, 9.17) is 4.42 Å². The number of fused-ring (bicyclic) bond motifs is 7. The third-order valence-electron chi connectivity index (χ3n) is 5.22. The number of H-pyrrole nitrogens is 1. The van der Waals surface area contributed by atoms with E-state index < -0.39 is 0 Å². The van der Waals surface area contributed by atoms with Crippen LogP contribution < -0.4 is 0 Å². The molecule has 2 heterocycles. The van der Waals surface area contributed by atoms with Gasteiger partial charge in [-0.2, -0.15) is 0 Å². The van der Waals surface area contributed by atoms with Gasteiger partial charge in [-0.1, -0.05) is 66.7 Å². The second kappa shape index (κ2) is 4.99. The van der Waals surface area contributed by atoms with Crippen molar-refractivity contribution >= 4 is 43.7 Å². The van der Waals surface area contributed by atoms with Gasteiger partial charge in [-0.15, -0.1) is 0 Å². The minimum Gasteiger partial charge on any atom is -0.454 e. The van der Waals surface area contributed by atoms with E-state index in [1.807, 2.05) is 6.07 Å². The highest BCUT2D eigenvalue weighted by Gasteiger charge is 2.15. The molecule has 6 aromatic rings. The van der Waals surface area contributed by atoms with E-state index in [1.54, 1.807) is 0 Å². The summed E-state index contributed by atoms with van der Waals surface area (Å²) in [6, 6.07) is 29.6. The molecule has 0 fully saturated rings. The van der Waals surface area contributed by atoms with Gasteiger partial charge in [0.05, 0.1) is 11.0 Å². The van der Waals surface area contributed by atoms with Crippen molar-refractivity contribution in [3.8, 4) is 11.1 Å². The minimum absolute atomic E-state index is 0.918. The van der Waals surface area contributed by atoms with Crippen LogP contribution in [0.5, 0.6) is 0 Å². The second-order valence-corrected chi connectivity index (χ2v) is 6.72. The number of benzene rings is 4. The Balaban J connectivity index is 1.71. The maximum atomic E-state index is 6.21. The number of aromatic nitrogens is 1. The average molecular weight is 333 g/mol. The third-order valence-corrected chi connectivity index (χ3v) is 5.22. The predicted octanol–water partition coefficient (Wildman–Crippen LogP) is 6.89. The molecule has 1 N–H and O–H groups in total. The van der Waals surface area contributed by atoms with Crippen LogP contribution in [0.1, 0.15) is 0 Å². The van der Waals surface area contributed by atoms with Crippen LogP contribution in [0.15, 0.2) is 89.3 Å². The molecule has 0 aliphatic carbocycles. The van der Waals surface area contributed by atoms with Crippen LogP contribution in [0, 0.1) is 0 Å². The minimum atomic E-state index is 0.918. The zero-order chi connectivity index (χ0) is 17.1. The van der Waals surface area contributed by atoms with Crippen molar-refractivity contribution in [2.45, 2.75) is 0 Å². The van der Waals surface area contributed by atoms with Gasteiger partial charge in [-0.05, 0) is 34.7 Å². The summed E-state index contributed by atoms with van der Waals surface area (Å²) in [5.41, 5.74) is 6.48. The largest absolute Gasteiger partial charge is 0.454 e. The van der Waals surface area contributed by atoms with Gasteiger partial charge in [0, 0.05) is 16.2 Å². The number of rotatable bonds is 1. The molecule has 4 aromatic carbocycles. The molecule has 0 unspecified atom stereocenters. The lowest BCUT2D eigenvalue weighted by Gasteiger charge is -2.01. The van der Waals surface area contributed by atoms with Crippen molar-refractivity contribution in [2.75, 3.05) is 0 Å². The van der Waals surface area contributed by atoms with Crippen LogP contribution >= 0.6 is 0 Å². The van der Waals surface area contributed by atoms with Crippen LogP contribution in [0.3, 0.4) is 0 Å². The molecule has 0 amide bonds. The second-order valence-electron chi connectivity index (χ2n) is 6.72. The van der Waals surface area contributed by atoms with E-state index in [0.717, 1.165) is 33.0 Å². The molecule has 26 heavy (non-hydrogen) atoms. The summed E-state index contributed by atoms with van der Waals surface area (Å²) in [4.78, 5) is 3.63. The Hall–Kier alpha value is -3.52. The first kappa shape index (κ1) is 13.7. The van der Waals surface area contributed by atoms with Gasteiger partial charge in [0.15, 0.2) is 5.58 Å². The van der Waals surface area contributed by atoms with Crippen LogP contribution in [0.2, 0.25) is 0 Å². The molecule has 0 radical (unpaired) electrons. The SMILES string of the molecule is c1ccc(-c2ccc3oc4c5ccc6ccccc6c5[nH]c4c3c2)cc1. The van der Waals surface area contributed by atoms with E-state index in [2.05, 4.69) is 83.8 Å². The van der Waals surface area contributed by atoms with E-state index in [9.17, 15) is 0 Å². The van der Waals surface area contributed by atoms with Crippen molar-refractivity contribution in [2.24, 2.45) is 0 Å². The lowest BCUT2D eigenvalue weighted by molar-refractivity contribution is 0.673. The Labute approximate surface area is 149 Å². The number of aromatic amines is 1. The Morgan fingerprint density at radius 1 is 0.577 bits per heavy atom. The zero-order valence-corrected chi connectivity index (χ0v) is 14.0. The normalized spacial score (nSPS) is 11.8. The lowest BCUT2D eigenvalue weighted by atomic mass is 10.0. The molecule has 6 rings (SSSR count). The molecular weight excluding hydrogens is 318 g/mol. The molecule has 2 nitrogen and oxygen atoms in total. The summed E-state index contributed by atoms with van der Waals surface area (Å²) < 4.78 is 6.21. The number of hydrogen-bond donors (Lipinski definition) is 1. The molecular formula is C24H15NO. The lowest BCUT2D eigenvalue weighted by Crippen LogP contribution is -1.77. The third kappa shape index (κ3) is 1.81. The quantitative estimate of drug-likeness (QED) is 0.349. The maximum Gasteiger partial charge on any atom is 0.160 e. The van der Waals surface area contributed by atoms with Crippen LogP contribution in [0.4, 0.5) is 0 Å². The summed E-state index contributed by atoms with van der Waals surface area (Å²) in [5.74, 6) is 0. The fourth-order valence-electron chi connectivity index (χ4n) is 3.94. The summed E-state index contributed by atoms with van der Waals surface area (Å²) in [5, 5.41) is 4.72. The van der Waals surface area contributed by atoms with Gasteiger partial charge in [-0.3, -0.25) is 0 Å². The Bertz CT molecular complexity index is 1420. The topological polar surface area (TPSA) is 28.9 Å². The first-order chi connectivity index (χ1) is 12.9. The van der Waals surface area contributed by atoms with Crippen molar-refractivity contribution < 1.29 is 4.42 Å². The molecule has 122 valence electrons. The van der Waals surface area contributed by atoms with Crippen LogP contribution in [-0.2, 0) is 0 Å². The summed E-state index contributed by atoms with van der Waals surface area (Å²) in [7, 11) is 0. The fraction of sp³-hybridized carbons (Fsp3) is 0. The highest BCUT2D eigenvalue weighted by Crippen LogP contribution is 2.38. The van der Waals surface area contributed by atoms with Crippen LogP contribution in [-0.4, -0.2) is 4.98 Å². The van der Waals surface area contributed by atoms with E-state index >= 15 is 0 Å².